The topological polar surface area (TPSA) is 38.8 Å². The lowest BCUT2D eigenvalue weighted by atomic mass is 9.70. The molecule has 6 heteroatoms. The minimum absolute atomic E-state index is 0.0249. The predicted octanol–water partition coefficient (Wildman–Crippen LogP) is 5.87. The molecule has 180 valence electrons. The summed E-state index contributed by atoms with van der Waals surface area (Å²) in [5.74, 6) is 0.466. The molecule has 1 saturated heterocycles. The van der Waals surface area contributed by atoms with E-state index in [0.29, 0.717) is 29.7 Å². The summed E-state index contributed by atoms with van der Waals surface area (Å²) in [6.07, 6.45) is 3.97. The van der Waals surface area contributed by atoms with Crippen molar-refractivity contribution in [3.63, 3.8) is 0 Å². The van der Waals surface area contributed by atoms with Gasteiger partial charge in [-0.3, -0.25) is 4.79 Å². The van der Waals surface area contributed by atoms with E-state index in [9.17, 15) is 9.18 Å². The van der Waals surface area contributed by atoms with E-state index in [1.165, 1.54) is 38.3 Å². The minimum atomic E-state index is -1.52. The monoisotopic (exact) mass is 473 g/mol. The number of nitrogens with zero attached hydrogens (tertiary/aromatic N) is 1. The number of rotatable bonds is 9. The number of hydrogen-bond acceptors (Lipinski definition) is 5. The first kappa shape index (κ1) is 25.7. The summed E-state index contributed by atoms with van der Waals surface area (Å²) in [5.41, 5.74) is 0.598. The predicted molar refractivity (Wildman–Crippen MR) is 134 cm³/mol. The Bertz CT molecular complexity index is 935. The van der Waals surface area contributed by atoms with Crippen molar-refractivity contribution >= 4 is 17.5 Å². The van der Waals surface area contributed by atoms with Crippen LogP contribution in [0.4, 0.5) is 4.39 Å². The molecule has 1 heterocycles. The standard InChI is InChI=1S/C27H36FNO3S/c1-26(2,28)20-14-23(32-5)25(24(15-20)33-6)22(30)12-13-27(19-10-8-7-9-11-19)16-21(31-4)17-29(3)18-27/h7-11,14-15,21H,12-13,16-18H2,1-6H3/t21-,27+/m0/s1. The third-order valence-corrected chi connectivity index (χ3v) is 7.49. The van der Waals surface area contributed by atoms with Gasteiger partial charge in [0.25, 0.3) is 0 Å². The molecule has 1 aliphatic heterocycles. The van der Waals surface area contributed by atoms with Crippen LogP contribution in [-0.2, 0) is 15.8 Å². The summed E-state index contributed by atoms with van der Waals surface area (Å²) in [5, 5.41) is 0. The van der Waals surface area contributed by atoms with Crippen molar-refractivity contribution in [2.75, 3.05) is 40.6 Å². The molecule has 0 radical (unpaired) electrons. The molecule has 1 fully saturated rings. The summed E-state index contributed by atoms with van der Waals surface area (Å²) >= 11 is 1.45. The van der Waals surface area contributed by atoms with Crippen LogP contribution in [-0.4, -0.2) is 57.4 Å². The maximum atomic E-state index is 14.7. The fourth-order valence-electron chi connectivity index (χ4n) is 4.99. The maximum absolute atomic E-state index is 14.7. The van der Waals surface area contributed by atoms with Gasteiger partial charge in [0.05, 0.1) is 18.8 Å². The van der Waals surface area contributed by atoms with E-state index in [0.717, 1.165) is 24.4 Å². The minimum Gasteiger partial charge on any atom is -0.496 e. The van der Waals surface area contributed by atoms with E-state index in [-0.39, 0.29) is 17.3 Å². The second kappa shape index (κ2) is 10.6. The highest BCUT2D eigenvalue weighted by Crippen LogP contribution is 2.41. The van der Waals surface area contributed by atoms with Gasteiger partial charge in [0, 0.05) is 36.9 Å². The Hall–Kier alpha value is -1.89. The van der Waals surface area contributed by atoms with E-state index in [1.54, 1.807) is 19.2 Å². The Labute approximate surface area is 201 Å². The van der Waals surface area contributed by atoms with Crippen LogP contribution in [0.5, 0.6) is 5.75 Å². The number of hydrogen-bond donors (Lipinski definition) is 0. The first-order valence-electron chi connectivity index (χ1n) is 11.4. The molecular weight excluding hydrogens is 437 g/mol. The molecule has 33 heavy (non-hydrogen) atoms. The highest BCUT2D eigenvalue weighted by molar-refractivity contribution is 7.98. The van der Waals surface area contributed by atoms with Gasteiger partial charge in [0.15, 0.2) is 5.78 Å². The number of thioether (sulfide) groups is 1. The van der Waals surface area contributed by atoms with Gasteiger partial charge in [0.2, 0.25) is 0 Å². The van der Waals surface area contributed by atoms with E-state index < -0.39 is 5.67 Å². The first-order chi connectivity index (χ1) is 15.6. The Morgan fingerprint density at radius 3 is 2.52 bits per heavy atom. The first-order valence-corrected chi connectivity index (χ1v) is 12.6. The van der Waals surface area contributed by atoms with Crippen LogP contribution >= 0.6 is 11.8 Å². The van der Waals surface area contributed by atoms with Gasteiger partial charge < -0.3 is 14.4 Å². The molecule has 2 aromatic carbocycles. The van der Waals surface area contributed by atoms with E-state index in [4.69, 9.17) is 9.47 Å². The van der Waals surface area contributed by atoms with Crippen LogP contribution < -0.4 is 4.74 Å². The van der Waals surface area contributed by atoms with E-state index >= 15 is 0 Å². The van der Waals surface area contributed by atoms with Crippen molar-refractivity contribution in [2.24, 2.45) is 0 Å². The number of alkyl halides is 1. The second-order valence-corrected chi connectivity index (χ2v) is 10.4. The van der Waals surface area contributed by atoms with E-state index in [1.807, 2.05) is 12.3 Å². The molecule has 0 aliphatic carbocycles. The van der Waals surface area contributed by atoms with Gasteiger partial charge in [-0.05, 0) is 63.3 Å². The number of likely N-dealkylation sites (tertiary alicyclic amines) is 1. The van der Waals surface area contributed by atoms with Crippen molar-refractivity contribution in [3.05, 3.63) is 59.2 Å². The largest absolute Gasteiger partial charge is 0.496 e. The lowest BCUT2D eigenvalue weighted by molar-refractivity contribution is 0.00146. The van der Waals surface area contributed by atoms with Gasteiger partial charge in [0.1, 0.15) is 11.4 Å². The van der Waals surface area contributed by atoms with Gasteiger partial charge in [-0.15, -0.1) is 11.8 Å². The molecule has 0 N–H and O–H groups in total. The summed E-state index contributed by atoms with van der Waals surface area (Å²) in [6.45, 7) is 4.78. The molecule has 0 aromatic heterocycles. The highest BCUT2D eigenvalue weighted by Gasteiger charge is 2.40. The van der Waals surface area contributed by atoms with Gasteiger partial charge in [-0.2, -0.15) is 0 Å². The third kappa shape index (κ3) is 5.79. The lowest BCUT2D eigenvalue weighted by Crippen LogP contribution is -2.51. The normalized spacial score (nSPS) is 21.7. The quantitative estimate of drug-likeness (QED) is 0.336. The van der Waals surface area contributed by atoms with Gasteiger partial charge >= 0.3 is 0 Å². The Balaban J connectivity index is 1.94. The molecule has 1 aliphatic rings. The molecule has 2 aromatic rings. The zero-order valence-corrected chi connectivity index (χ0v) is 21.4. The molecule has 3 rings (SSSR count). The van der Waals surface area contributed by atoms with Crippen LogP contribution in [0.1, 0.15) is 54.6 Å². The van der Waals surface area contributed by atoms with Crippen LogP contribution in [0, 0.1) is 0 Å². The summed E-state index contributed by atoms with van der Waals surface area (Å²) in [7, 11) is 5.40. The number of carbonyl (C=O) groups excluding carboxylic acids is 1. The summed E-state index contributed by atoms with van der Waals surface area (Å²) < 4.78 is 26.0. The number of piperidine rings is 1. The van der Waals surface area contributed by atoms with E-state index in [2.05, 4.69) is 36.2 Å². The lowest BCUT2D eigenvalue weighted by Gasteiger charge is -2.45. The Morgan fingerprint density at radius 2 is 1.94 bits per heavy atom. The number of ketones is 1. The Kier molecular flexibility index (Phi) is 8.25. The number of halogens is 1. The summed E-state index contributed by atoms with van der Waals surface area (Å²) in [6, 6.07) is 13.9. The summed E-state index contributed by atoms with van der Waals surface area (Å²) in [4.78, 5) is 16.6. The fraction of sp³-hybridized carbons (Fsp3) is 0.519. The molecule has 0 saturated carbocycles. The van der Waals surface area contributed by atoms with Crippen molar-refractivity contribution < 1.29 is 18.7 Å². The fourth-order valence-corrected chi connectivity index (χ4v) is 5.65. The van der Waals surface area contributed by atoms with Crippen LogP contribution in [0.15, 0.2) is 47.4 Å². The smallest absolute Gasteiger partial charge is 0.167 e. The van der Waals surface area contributed by atoms with Crippen LogP contribution in [0.3, 0.4) is 0 Å². The number of Topliss-reactive ketones (excluding diaryl/α,β-unsaturated/α-hetero) is 1. The van der Waals surface area contributed by atoms with Crippen molar-refractivity contribution in [1.82, 2.24) is 4.90 Å². The molecule has 0 amide bonds. The number of ether oxygens (including phenoxy) is 2. The highest BCUT2D eigenvalue weighted by atomic mass is 32.2. The molecule has 2 atom stereocenters. The zero-order chi connectivity index (χ0) is 24.2. The molecule has 0 unspecified atom stereocenters. The third-order valence-electron chi connectivity index (χ3n) is 6.73. The van der Waals surface area contributed by atoms with Gasteiger partial charge in [-0.25, -0.2) is 4.39 Å². The number of methoxy groups -OCH3 is 2. The average molecular weight is 474 g/mol. The maximum Gasteiger partial charge on any atom is 0.167 e. The number of likely N-dealkylation sites (N-methyl/N-ethyl adjacent to an activating group) is 1. The van der Waals surface area contributed by atoms with Gasteiger partial charge in [-0.1, -0.05) is 30.3 Å². The Morgan fingerprint density at radius 1 is 1.24 bits per heavy atom. The molecule has 0 bridgehead atoms. The molecular formula is C27H36FNO3S. The SMILES string of the molecule is COc1cc(C(C)(C)F)cc(SC)c1C(=O)CC[C@@]1(c2ccccc2)C[C@H](OC)CN(C)C1. The molecule has 4 nitrogen and oxygen atoms in total. The average Bonchev–Trinajstić information content (AvgIpc) is 2.81. The molecule has 0 spiro atoms. The van der Waals surface area contributed by atoms with Crippen molar-refractivity contribution in [2.45, 2.75) is 55.2 Å². The van der Waals surface area contributed by atoms with Crippen molar-refractivity contribution in [1.29, 1.82) is 0 Å². The number of benzene rings is 2. The second-order valence-electron chi connectivity index (χ2n) is 9.56. The van der Waals surface area contributed by atoms with Crippen molar-refractivity contribution in [3.8, 4) is 5.75 Å². The number of carbonyl (C=O) groups is 1. The zero-order valence-electron chi connectivity index (χ0n) is 20.6. The van der Waals surface area contributed by atoms with Crippen LogP contribution in [0.25, 0.3) is 0 Å². The van der Waals surface area contributed by atoms with Crippen LogP contribution in [0.2, 0.25) is 0 Å².